The highest BCUT2D eigenvalue weighted by Crippen LogP contribution is 2.30. The first-order chi connectivity index (χ1) is 12.5. The lowest BCUT2D eigenvalue weighted by Gasteiger charge is -2.33. The van der Waals surface area contributed by atoms with E-state index in [2.05, 4.69) is 11.9 Å². The number of fused-ring (bicyclic) bond motifs is 1. The third-order valence-corrected chi connectivity index (χ3v) is 4.97. The van der Waals surface area contributed by atoms with Crippen LogP contribution in [-0.4, -0.2) is 66.7 Å². The fourth-order valence-corrected chi connectivity index (χ4v) is 3.55. The fourth-order valence-electron chi connectivity index (χ4n) is 3.55. The van der Waals surface area contributed by atoms with Gasteiger partial charge in [-0.15, -0.1) is 6.58 Å². The van der Waals surface area contributed by atoms with Crippen LogP contribution in [0.3, 0.4) is 0 Å². The van der Waals surface area contributed by atoms with Crippen LogP contribution in [0, 0.1) is 6.92 Å². The number of Topliss-reactive ketones (excluding diaryl/α,β-unsaturated/α-hetero) is 1. The van der Waals surface area contributed by atoms with E-state index in [4.69, 9.17) is 4.42 Å². The van der Waals surface area contributed by atoms with Gasteiger partial charge < -0.3 is 14.6 Å². The van der Waals surface area contributed by atoms with Gasteiger partial charge in [0.2, 0.25) is 5.91 Å². The molecule has 1 saturated heterocycles. The maximum atomic E-state index is 12.8. The Labute approximate surface area is 153 Å². The Kier molecular flexibility index (Phi) is 5.56. The average molecular weight is 359 g/mol. The number of furan rings is 1. The zero-order chi connectivity index (χ0) is 18.7. The quantitative estimate of drug-likeness (QED) is 0.798. The number of nitrogens with zero attached hydrogens (tertiary/aromatic N) is 2. The number of hydrogen-bond donors (Lipinski definition) is 1. The summed E-state index contributed by atoms with van der Waals surface area (Å²) < 4.78 is 5.76. The molecule has 0 bridgehead atoms. The minimum atomic E-state index is -0.166. The van der Waals surface area contributed by atoms with Crippen molar-refractivity contribution in [3.63, 3.8) is 0 Å². The Morgan fingerprint density at radius 2 is 1.96 bits per heavy atom. The Bertz CT molecular complexity index is 729. The van der Waals surface area contributed by atoms with Crippen LogP contribution in [0.1, 0.15) is 45.1 Å². The van der Waals surface area contributed by atoms with Crippen LogP contribution < -0.4 is 5.32 Å². The fraction of sp³-hybridized carbons (Fsp3) is 0.526. The van der Waals surface area contributed by atoms with Crippen LogP contribution in [-0.2, 0) is 11.2 Å². The SMILES string of the molecule is C=CCNC(=O)CN1CCN(C(=O)c2oc3c(c2C)C(=O)CCC3)CC1. The van der Waals surface area contributed by atoms with Crippen molar-refractivity contribution in [1.29, 1.82) is 0 Å². The van der Waals surface area contributed by atoms with Crippen LogP contribution >= 0.6 is 0 Å². The molecule has 1 aliphatic heterocycles. The maximum Gasteiger partial charge on any atom is 0.289 e. The predicted octanol–water partition coefficient (Wildman–Crippen LogP) is 1.17. The van der Waals surface area contributed by atoms with Crippen molar-refractivity contribution >= 4 is 17.6 Å². The van der Waals surface area contributed by atoms with Crippen LogP contribution in [0.25, 0.3) is 0 Å². The van der Waals surface area contributed by atoms with E-state index in [0.29, 0.717) is 74.8 Å². The molecule has 3 rings (SSSR count). The van der Waals surface area contributed by atoms with Crippen molar-refractivity contribution in [3.8, 4) is 0 Å². The van der Waals surface area contributed by atoms with Crippen molar-refractivity contribution in [1.82, 2.24) is 15.1 Å². The Morgan fingerprint density at radius 1 is 1.23 bits per heavy atom. The largest absolute Gasteiger partial charge is 0.455 e. The van der Waals surface area contributed by atoms with Crippen LogP contribution in [0.15, 0.2) is 17.1 Å². The van der Waals surface area contributed by atoms with Crippen LogP contribution in [0.5, 0.6) is 0 Å². The van der Waals surface area contributed by atoms with Gasteiger partial charge in [-0.05, 0) is 13.3 Å². The van der Waals surface area contributed by atoms with E-state index < -0.39 is 0 Å². The van der Waals surface area contributed by atoms with Crippen LogP contribution in [0.4, 0.5) is 0 Å². The molecule has 2 aliphatic rings. The Balaban J connectivity index is 1.60. The summed E-state index contributed by atoms with van der Waals surface area (Å²) in [5.41, 5.74) is 1.28. The molecule has 26 heavy (non-hydrogen) atoms. The minimum absolute atomic E-state index is 0.0438. The van der Waals surface area contributed by atoms with E-state index in [9.17, 15) is 14.4 Å². The molecule has 0 unspecified atom stereocenters. The van der Waals surface area contributed by atoms with Crippen LogP contribution in [0.2, 0.25) is 0 Å². The van der Waals surface area contributed by atoms with E-state index >= 15 is 0 Å². The van der Waals surface area contributed by atoms with Gasteiger partial charge in [0.25, 0.3) is 5.91 Å². The maximum absolute atomic E-state index is 12.8. The van der Waals surface area contributed by atoms with Crippen molar-refractivity contribution < 1.29 is 18.8 Å². The van der Waals surface area contributed by atoms with Gasteiger partial charge >= 0.3 is 0 Å². The highest BCUT2D eigenvalue weighted by molar-refractivity contribution is 6.03. The molecule has 2 amide bonds. The summed E-state index contributed by atoms with van der Waals surface area (Å²) in [5, 5.41) is 2.75. The summed E-state index contributed by atoms with van der Waals surface area (Å²) in [6, 6.07) is 0. The van der Waals surface area contributed by atoms with E-state index in [1.807, 2.05) is 4.90 Å². The van der Waals surface area contributed by atoms with Crippen molar-refractivity contribution in [2.24, 2.45) is 0 Å². The van der Waals surface area contributed by atoms with E-state index in [1.54, 1.807) is 17.9 Å². The highest BCUT2D eigenvalue weighted by Gasteiger charge is 2.32. The number of carbonyl (C=O) groups is 3. The van der Waals surface area contributed by atoms with Crippen molar-refractivity contribution in [3.05, 3.63) is 35.3 Å². The van der Waals surface area contributed by atoms with Crippen molar-refractivity contribution in [2.45, 2.75) is 26.2 Å². The normalized spacial score (nSPS) is 17.7. The van der Waals surface area contributed by atoms with Gasteiger partial charge in [-0.1, -0.05) is 6.08 Å². The molecule has 0 aromatic carbocycles. The van der Waals surface area contributed by atoms with E-state index in [-0.39, 0.29) is 17.6 Å². The molecule has 0 saturated carbocycles. The monoisotopic (exact) mass is 359 g/mol. The van der Waals surface area contributed by atoms with E-state index in [0.717, 1.165) is 6.42 Å². The van der Waals surface area contributed by atoms with Gasteiger partial charge in [0.15, 0.2) is 11.5 Å². The number of aryl methyl sites for hydroxylation is 1. The zero-order valence-electron chi connectivity index (χ0n) is 15.2. The number of nitrogens with one attached hydrogen (secondary N) is 1. The summed E-state index contributed by atoms with van der Waals surface area (Å²) in [4.78, 5) is 40.5. The van der Waals surface area contributed by atoms with Gasteiger partial charge in [-0.25, -0.2) is 0 Å². The molecule has 7 nitrogen and oxygen atoms in total. The second kappa shape index (κ2) is 7.86. The third kappa shape index (κ3) is 3.72. The molecule has 140 valence electrons. The third-order valence-electron chi connectivity index (χ3n) is 4.97. The first-order valence-corrected chi connectivity index (χ1v) is 9.06. The van der Waals surface area contributed by atoms with E-state index in [1.165, 1.54) is 0 Å². The number of piperazine rings is 1. The molecule has 1 aromatic heterocycles. The second-order valence-corrected chi connectivity index (χ2v) is 6.79. The highest BCUT2D eigenvalue weighted by atomic mass is 16.4. The first kappa shape index (κ1) is 18.4. The minimum Gasteiger partial charge on any atom is -0.455 e. The molecule has 0 atom stereocenters. The Morgan fingerprint density at radius 3 is 2.62 bits per heavy atom. The molecular formula is C19H25N3O4. The lowest BCUT2D eigenvalue weighted by Crippen LogP contribution is -2.51. The summed E-state index contributed by atoms with van der Waals surface area (Å²) in [6.07, 6.45) is 3.65. The summed E-state index contributed by atoms with van der Waals surface area (Å²) in [7, 11) is 0. The van der Waals surface area contributed by atoms with Gasteiger partial charge in [-0.3, -0.25) is 19.3 Å². The second-order valence-electron chi connectivity index (χ2n) is 6.79. The first-order valence-electron chi connectivity index (χ1n) is 9.06. The van der Waals surface area contributed by atoms with Gasteiger partial charge in [0, 0.05) is 51.1 Å². The predicted molar refractivity (Wildman–Crippen MR) is 96.3 cm³/mol. The molecule has 2 heterocycles. The van der Waals surface area contributed by atoms with Crippen molar-refractivity contribution in [2.75, 3.05) is 39.3 Å². The zero-order valence-corrected chi connectivity index (χ0v) is 15.2. The average Bonchev–Trinajstić information content (AvgIpc) is 2.98. The molecule has 0 spiro atoms. The number of carbonyl (C=O) groups excluding carboxylic acids is 3. The Hall–Kier alpha value is -2.41. The lowest BCUT2D eigenvalue weighted by atomic mass is 9.94. The summed E-state index contributed by atoms with van der Waals surface area (Å²) >= 11 is 0. The number of hydrogen-bond acceptors (Lipinski definition) is 5. The smallest absolute Gasteiger partial charge is 0.289 e. The lowest BCUT2D eigenvalue weighted by molar-refractivity contribution is -0.122. The number of ketones is 1. The van der Waals surface area contributed by atoms with Gasteiger partial charge in [-0.2, -0.15) is 0 Å². The molecule has 7 heteroatoms. The van der Waals surface area contributed by atoms with Gasteiger partial charge in [0.05, 0.1) is 12.1 Å². The molecule has 1 aromatic rings. The number of amides is 2. The standard InChI is InChI=1S/C19H25N3O4/c1-3-7-20-16(24)12-21-8-10-22(11-9-21)19(25)18-13(2)17-14(23)5-4-6-15(17)26-18/h3H,1,4-12H2,2H3,(H,20,24). The number of rotatable bonds is 5. The topological polar surface area (TPSA) is 82.9 Å². The molecule has 1 N–H and O–H groups in total. The summed E-state index contributed by atoms with van der Waals surface area (Å²) in [6.45, 7) is 8.47. The molecular weight excluding hydrogens is 334 g/mol. The molecule has 0 radical (unpaired) electrons. The summed E-state index contributed by atoms with van der Waals surface area (Å²) in [5.74, 6) is 0.808. The molecule has 1 aliphatic carbocycles. The van der Waals surface area contributed by atoms with Gasteiger partial charge in [0.1, 0.15) is 5.76 Å². The molecule has 1 fully saturated rings.